The Bertz CT molecular complexity index is 570. The SMILES string of the molecule is CC1(CCCCNC(=O)N2CCCC(C(=O)N(CCO)CC(F)(F)F)C2)OCCO1. The molecule has 0 aromatic rings. The number of halogens is 3. The van der Waals surface area contributed by atoms with Gasteiger partial charge in [-0.15, -0.1) is 0 Å². The zero-order valence-corrected chi connectivity index (χ0v) is 17.4. The summed E-state index contributed by atoms with van der Waals surface area (Å²) >= 11 is 0. The fourth-order valence-corrected chi connectivity index (χ4v) is 3.81. The maximum absolute atomic E-state index is 12.7. The van der Waals surface area contributed by atoms with E-state index in [-0.39, 0.29) is 19.1 Å². The molecule has 0 aromatic heterocycles. The molecule has 8 nitrogen and oxygen atoms in total. The largest absolute Gasteiger partial charge is 0.406 e. The van der Waals surface area contributed by atoms with E-state index in [1.54, 1.807) is 0 Å². The number of nitrogens with one attached hydrogen (secondary N) is 1. The molecule has 2 aliphatic heterocycles. The average molecular weight is 439 g/mol. The van der Waals surface area contributed by atoms with Gasteiger partial charge in [-0.3, -0.25) is 4.79 Å². The van der Waals surface area contributed by atoms with Crippen LogP contribution in [0.4, 0.5) is 18.0 Å². The summed E-state index contributed by atoms with van der Waals surface area (Å²) in [7, 11) is 0. The highest BCUT2D eigenvalue weighted by molar-refractivity contribution is 5.81. The monoisotopic (exact) mass is 439 g/mol. The van der Waals surface area contributed by atoms with Crippen LogP contribution in [0.2, 0.25) is 0 Å². The van der Waals surface area contributed by atoms with Gasteiger partial charge in [0.25, 0.3) is 0 Å². The number of ether oxygens (including phenoxy) is 2. The summed E-state index contributed by atoms with van der Waals surface area (Å²) in [6.07, 6.45) is -1.31. The van der Waals surface area contributed by atoms with Crippen molar-refractivity contribution in [2.45, 2.75) is 51.0 Å². The van der Waals surface area contributed by atoms with Gasteiger partial charge in [0, 0.05) is 32.6 Å². The molecule has 1 unspecified atom stereocenters. The van der Waals surface area contributed by atoms with Gasteiger partial charge < -0.3 is 29.7 Å². The number of hydrogen-bond acceptors (Lipinski definition) is 5. The predicted octanol–water partition coefficient (Wildman–Crippen LogP) is 1.72. The van der Waals surface area contributed by atoms with Crippen LogP contribution in [0, 0.1) is 5.92 Å². The molecule has 2 saturated heterocycles. The van der Waals surface area contributed by atoms with Crippen molar-refractivity contribution in [1.82, 2.24) is 15.1 Å². The first-order chi connectivity index (χ1) is 14.1. The van der Waals surface area contributed by atoms with E-state index in [9.17, 15) is 22.8 Å². The van der Waals surface area contributed by atoms with Crippen molar-refractivity contribution < 1.29 is 37.3 Å². The number of alkyl halides is 3. The first-order valence-electron chi connectivity index (χ1n) is 10.4. The number of unbranched alkanes of at least 4 members (excludes halogenated alkanes) is 1. The second-order valence-corrected chi connectivity index (χ2v) is 7.90. The number of likely N-dealkylation sites (tertiary alicyclic amines) is 1. The normalized spacial score (nSPS) is 21.5. The number of urea groups is 1. The molecule has 174 valence electrons. The van der Waals surface area contributed by atoms with Gasteiger partial charge in [-0.1, -0.05) is 0 Å². The standard InChI is InChI=1S/C19H32F3N3O5/c1-18(29-11-12-30-18)6-2-3-7-23-17(28)24-8-4-5-15(13-24)16(27)25(9-10-26)14-19(20,21)22/h15,26H,2-14H2,1H3,(H,23,28). The van der Waals surface area contributed by atoms with Crippen molar-refractivity contribution in [3.8, 4) is 0 Å². The molecule has 2 N–H and O–H groups in total. The number of aliphatic hydroxyl groups excluding tert-OH is 1. The number of amides is 3. The molecule has 2 aliphatic rings. The van der Waals surface area contributed by atoms with Crippen LogP contribution in [0.5, 0.6) is 0 Å². The highest BCUT2D eigenvalue weighted by atomic mass is 19.4. The van der Waals surface area contributed by atoms with E-state index in [1.807, 2.05) is 6.92 Å². The summed E-state index contributed by atoms with van der Waals surface area (Å²) in [6.45, 7) is 1.71. The number of hydrogen-bond donors (Lipinski definition) is 2. The van der Waals surface area contributed by atoms with Gasteiger partial charge in [0.05, 0.1) is 25.7 Å². The van der Waals surface area contributed by atoms with E-state index in [0.717, 1.165) is 19.3 Å². The lowest BCUT2D eigenvalue weighted by Crippen LogP contribution is -2.51. The molecule has 1 atom stereocenters. The average Bonchev–Trinajstić information content (AvgIpc) is 3.12. The predicted molar refractivity (Wildman–Crippen MR) is 102 cm³/mol. The molecule has 3 amide bonds. The van der Waals surface area contributed by atoms with Gasteiger partial charge >= 0.3 is 12.2 Å². The van der Waals surface area contributed by atoms with Gasteiger partial charge in [0.2, 0.25) is 5.91 Å². The van der Waals surface area contributed by atoms with Crippen LogP contribution in [0.3, 0.4) is 0 Å². The van der Waals surface area contributed by atoms with Crippen LogP contribution in [0.15, 0.2) is 0 Å². The lowest BCUT2D eigenvalue weighted by atomic mass is 9.96. The van der Waals surface area contributed by atoms with E-state index in [0.29, 0.717) is 44.0 Å². The van der Waals surface area contributed by atoms with Crippen molar-refractivity contribution in [1.29, 1.82) is 0 Å². The topological polar surface area (TPSA) is 91.3 Å². The summed E-state index contributed by atoms with van der Waals surface area (Å²) in [6, 6.07) is -0.323. The molecule has 11 heteroatoms. The number of piperidine rings is 1. The molecule has 2 fully saturated rings. The zero-order valence-electron chi connectivity index (χ0n) is 17.4. The summed E-state index contributed by atoms with van der Waals surface area (Å²) < 4.78 is 49.2. The molecule has 2 heterocycles. The quantitative estimate of drug-likeness (QED) is 0.534. The molecule has 0 aromatic carbocycles. The van der Waals surface area contributed by atoms with Gasteiger partial charge in [-0.25, -0.2) is 4.79 Å². The maximum Gasteiger partial charge on any atom is 0.406 e. The van der Waals surface area contributed by atoms with E-state index in [4.69, 9.17) is 14.6 Å². The van der Waals surface area contributed by atoms with Crippen molar-refractivity contribution in [3.63, 3.8) is 0 Å². The number of carbonyl (C=O) groups excluding carboxylic acids is 2. The Hall–Kier alpha value is -1.59. The summed E-state index contributed by atoms with van der Waals surface area (Å²) in [5, 5.41) is 11.8. The number of carbonyl (C=O) groups is 2. The van der Waals surface area contributed by atoms with Crippen molar-refractivity contribution in [2.75, 3.05) is 52.5 Å². The van der Waals surface area contributed by atoms with Gasteiger partial charge in [0.1, 0.15) is 6.54 Å². The Balaban J connectivity index is 1.75. The maximum atomic E-state index is 12.7. The highest BCUT2D eigenvalue weighted by Crippen LogP contribution is 2.25. The second kappa shape index (κ2) is 11.1. The third-order valence-corrected chi connectivity index (χ3v) is 5.34. The minimum Gasteiger partial charge on any atom is -0.395 e. The molecule has 0 saturated carbocycles. The molecular formula is C19H32F3N3O5. The molecule has 0 radical (unpaired) electrons. The number of rotatable bonds is 9. The van der Waals surface area contributed by atoms with Crippen LogP contribution in [0.25, 0.3) is 0 Å². The summed E-state index contributed by atoms with van der Waals surface area (Å²) in [4.78, 5) is 27.0. The van der Waals surface area contributed by atoms with Crippen molar-refractivity contribution in [3.05, 3.63) is 0 Å². The van der Waals surface area contributed by atoms with E-state index in [1.165, 1.54) is 4.90 Å². The van der Waals surface area contributed by atoms with Crippen LogP contribution < -0.4 is 5.32 Å². The Kier molecular flexibility index (Phi) is 9.17. The molecule has 0 bridgehead atoms. The molecule has 30 heavy (non-hydrogen) atoms. The Morgan fingerprint density at radius 2 is 1.97 bits per heavy atom. The minimum atomic E-state index is -4.54. The Morgan fingerprint density at radius 1 is 1.27 bits per heavy atom. The molecule has 2 rings (SSSR count). The van der Waals surface area contributed by atoms with Crippen LogP contribution in [0.1, 0.15) is 39.0 Å². The Morgan fingerprint density at radius 3 is 2.60 bits per heavy atom. The summed E-state index contributed by atoms with van der Waals surface area (Å²) in [5.74, 6) is -1.93. The molecule has 0 spiro atoms. The van der Waals surface area contributed by atoms with E-state index >= 15 is 0 Å². The Labute approximate surface area is 174 Å². The first kappa shape index (κ1) is 24.7. The van der Waals surface area contributed by atoms with Crippen LogP contribution in [-0.2, 0) is 14.3 Å². The molecular weight excluding hydrogens is 407 g/mol. The van der Waals surface area contributed by atoms with Gasteiger partial charge in [-0.05, 0) is 32.6 Å². The number of aliphatic hydroxyl groups is 1. The third kappa shape index (κ3) is 7.92. The zero-order chi connectivity index (χ0) is 22.2. The van der Waals surface area contributed by atoms with Crippen molar-refractivity contribution >= 4 is 11.9 Å². The number of nitrogens with zero attached hydrogens (tertiary/aromatic N) is 2. The van der Waals surface area contributed by atoms with Gasteiger partial charge in [-0.2, -0.15) is 13.2 Å². The second-order valence-electron chi connectivity index (χ2n) is 7.90. The van der Waals surface area contributed by atoms with Crippen molar-refractivity contribution in [2.24, 2.45) is 5.92 Å². The van der Waals surface area contributed by atoms with E-state index in [2.05, 4.69) is 5.32 Å². The first-order valence-corrected chi connectivity index (χ1v) is 10.4. The minimum absolute atomic E-state index is 0.0736. The lowest BCUT2D eigenvalue weighted by molar-refractivity contribution is -0.165. The fraction of sp³-hybridized carbons (Fsp3) is 0.895. The van der Waals surface area contributed by atoms with Crippen LogP contribution in [-0.4, -0.2) is 91.4 Å². The van der Waals surface area contributed by atoms with E-state index < -0.39 is 36.9 Å². The van der Waals surface area contributed by atoms with Gasteiger partial charge in [0.15, 0.2) is 5.79 Å². The third-order valence-electron chi connectivity index (χ3n) is 5.34. The lowest BCUT2D eigenvalue weighted by Gasteiger charge is -2.35. The smallest absolute Gasteiger partial charge is 0.395 e. The fourth-order valence-electron chi connectivity index (χ4n) is 3.81. The highest BCUT2D eigenvalue weighted by Gasteiger charge is 2.37. The summed E-state index contributed by atoms with van der Waals surface area (Å²) in [5.41, 5.74) is 0. The van der Waals surface area contributed by atoms with Crippen LogP contribution >= 0.6 is 0 Å². The molecule has 0 aliphatic carbocycles.